The van der Waals surface area contributed by atoms with Crippen molar-refractivity contribution in [3.05, 3.63) is 27.7 Å². The molecule has 4 nitrogen and oxygen atoms in total. The molecular weight excluding hydrogens is 251 g/mol. The van der Waals surface area contributed by atoms with Crippen LogP contribution in [0.1, 0.15) is 11.7 Å². The van der Waals surface area contributed by atoms with Crippen LogP contribution in [0, 0.1) is 0 Å². The quantitative estimate of drug-likeness (QED) is 0.617. The predicted molar refractivity (Wildman–Crippen MR) is 65.8 cm³/mol. The van der Waals surface area contributed by atoms with Gasteiger partial charge in [-0.15, -0.1) is 0 Å². The molecule has 2 unspecified atom stereocenters. The molecule has 0 spiro atoms. The maximum Gasteiger partial charge on any atom is 0.109 e. The number of rotatable bonds is 4. The van der Waals surface area contributed by atoms with Gasteiger partial charge >= 0.3 is 0 Å². The van der Waals surface area contributed by atoms with Gasteiger partial charge in [0.1, 0.15) is 6.10 Å². The number of nitrogens with two attached hydrogens (primary N) is 1. The standard InChI is InChI=1S/C10H14Cl2N2O2/c1-14-4-8(15)10(16)9-6(11)2-5(13)3-7(9)12/h2-3,8,10,14-16H,4,13H2,1H3. The van der Waals surface area contributed by atoms with E-state index in [2.05, 4.69) is 5.32 Å². The minimum atomic E-state index is -1.15. The van der Waals surface area contributed by atoms with Crippen LogP contribution in [0.25, 0.3) is 0 Å². The van der Waals surface area contributed by atoms with Crippen LogP contribution in [0.5, 0.6) is 0 Å². The Balaban J connectivity index is 3.03. The third kappa shape index (κ3) is 2.99. The van der Waals surface area contributed by atoms with E-state index in [1.165, 1.54) is 12.1 Å². The zero-order valence-corrected chi connectivity index (χ0v) is 10.3. The van der Waals surface area contributed by atoms with Crippen LogP contribution < -0.4 is 11.1 Å². The summed E-state index contributed by atoms with van der Waals surface area (Å²) in [6.45, 7) is 0.234. The topological polar surface area (TPSA) is 78.5 Å². The first kappa shape index (κ1) is 13.5. The van der Waals surface area contributed by atoms with E-state index >= 15 is 0 Å². The molecule has 6 heteroatoms. The number of benzene rings is 1. The van der Waals surface area contributed by atoms with Crippen molar-refractivity contribution in [3.63, 3.8) is 0 Å². The van der Waals surface area contributed by atoms with Gasteiger partial charge in [-0.05, 0) is 19.2 Å². The molecular formula is C10H14Cl2N2O2. The number of hydrogen-bond donors (Lipinski definition) is 4. The molecule has 2 atom stereocenters. The summed E-state index contributed by atoms with van der Waals surface area (Å²) >= 11 is 11.8. The lowest BCUT2D eigenvalue weighted by molar-refractivity contribution is 0.0203. The van der Waals surface area contributed by atoms with Crippen LogP contribution in [0.2, 0.25) is 10.0 Å². The highest BCUT2D eigenvalue weighted by molar-refractivity contribution is 6.36. The van der Waals surface area contributed by atoms with E-state index < -0.39 is 12.2 Å². The van der Waals surface area contributed by atoms with Gasteiger partial charge < -0.3 is 21.3 Å². The zero-order chi connectivity index (χ0) is 12.3. The molecule has 0 aromatic heterocycles. The van der Waals surface area contributed by atoms with Gasteiger partial charge in [-0.25, -0.2) is 0 Å². The van der Waals surface area contributed by atoms with Crippen LogP contribution in [0.3, 0.4) is 0 Å². The highest BCUT2D eigenvalue weighted by atomic mass is 35.5. The number of likely N-dealkylation sites (N-methyl/N-ethyl adjacent to an activating group) is 1. The smallest absolute Gasteiger partial charge is 0.109 e. The minimum absolute atomic E-state index is 0.234. The van der Waals surface area contributed by atoms with Crippen molar-refractivity contribution in [2.75, 3.05) is 19.3 Å². The summed E-state index contributed by atoms with van der Waals surface area (Å²) in [7, 11) is 1.67. The number of nitrogens with one attached hydrogen (secondary N) is 1. The lowest BCUT2D eigenvalue weighted by Crippen LogP contribution is -2.29. The average Bonchev–Trinajstić information content (AvgIpc) is 2.16. The Morgan fingerprint density at radius 3 is 2.25 bits per heavy atom. The van der Waals surface area contributed by atoms with Crippen molar-refractivity contribution in [1.82, 2.24) is 5.32 Å². The van der Waals surface area contributed by atoms with Crippen LogP contribution >= 0.6 is 23.2 Å². The zero-order valence-electron chi connectivity index (χ0n) is 8.74. The summed E-state index contributed by atoms with van der Waals surface area (Å²) in [6.07, 6.45) is -2.13. The fraction of sp³-hybridized carbons (Fsp3) is 0.400. The Bertz CT molecular complexity index is 351. The third-order valence-electron chi connectivity index (χ3n) is 2.17. The Labute approximate surface area is 104 Å². The van der Waals surface area contributed by atoms with Gasteiger partial charge in [0.05, 0.1) is 6.10 Å². The average molecular weight is 265 g/mol. The third-order valence-corrected chi connectivity index (χ3v) is 2.80. The lowest BCUT2D eigenvalue weighted by Gasteiger charge is -2.20. The van der Waals surface area contributed by atoms with Gasteiger partial charge in [0, 0.05) is 27.8 Å². The fourth-order valence-corrected chi connectivity index (χ4v) is 2.13. The maximum atomic E-state index is 9.87. The molecule has 16 heavy (non-hydrogen) atoms. The summed E-state index contributed by atoms with van der Waals surface area (Å²) in [5.74, 6) is 0. The molecule has 0 aliphatic heterocycles. The Morgan fingerprint density at radius 2 is 1.81 bits per heavy atom. The number of aliphatic hydroxyl groups excluding tert-OH is 2. The normalized spacial score (nSPS) is 14.8. The van der Waals surface area contributed by atoms with E-state index in [4.69, 9.17) is 28.9 Å². The minimum Gasteiger partial charge on any atom is -0.399 e. The second kappa shape index (κ2) is 5.70. The second-order valence-corrected chi connectivity index (χ2v) is 4.28. The molecule has 0 aliphatic rings. The molecule has 0 saturated heterocycles. The Hall–Kier alpha value is -0.520. The van der Waals surface area contributed by atoms with Gasteiger partial charge in [0.15, 0.2) is 0 Å². The molecule has 1 aromatic rings. The first-order valence-electron chi connectivity index (χ1n) is 4.72. The van der Waals surface area contributed by atoms with Gasteiger partial charge in [0.2, 0.25) is 0 Å². The molecule has 0 fully saturated rings. The summed E-state index contributed by atoms with van der Waals surface area (Å²) < 4.78 is 0. The second-order valence-electron chi connectivity index (χ2n) is 3.47. The van der Waals surface area contributed by atoms with Crippen LogP contribution in [0.15, 0.2) is 12.1 Å². The molecule has 0 radical (unpaired) electrons. The van der Waals surface area contributed by atoms with Crippen molar-refractivity contribution in [2.24, 2.45) is 0 Å². The van der Waals surface area contributed by atoms with Crippen molar-refractivity contribution in [3.8, 4) is 0 Å². The summed E-state index contributed by atoms with van der Waals surface area (Å²) in [5, 5.41) is 22.7. The van der Waals surface area contributed by atoms with E-state index in [1.807, 2.05) is 0 Å². The number of hydrogen-bond acceptors (Lipinski definition) is 4. The first-order valence-corrected chi connectivity index (χ1v) is 5.48. The molecule has 1 aromatic carbocycles. The summed E-state index contributed by atoms with van der Waals surface area (Å²) in [5.41, 5.74) is 6.24. The van der Waals surface area contributed by atoms with E-state index in [0.717, 1.165) is 0 Å². The molecule has 0 saturated carbocycles. The molecule has 90 valence electrons. The number of aliphatic hydroxyl groups is 2. The van der Waals surface area contributed by atoms with Gasteiger partial charge in [-0.1, -0.05) is 23.2 Å². The monoisotopic (exact) mass is 264 g/mol. The molecule has 0 bridgehead atoms. The first-order chi connectivity index (χ1) is 7.47. The molecule has 1 rings (SSSR count). The van der Waals surface area contributed by atoms with Gasteiger partial charge in [-0.3, -0.25) is 0 Å². The maximum absolute atomic E-state index is 9.87. The van der Waals surface area contributed by atoms with E-state index in [1.54, 1.807) is 7.05 Å². The van der Waals surface area contributed by atoms with E-state index in [9.17, 15) is 10.2 Å². The Kier molecular flexibility index (Phi) is 4.83. The summed E-state index contributed by atoms with van der Waals surface area (Å²) in [6, 6.07) is 2.97. The van der Waals surface area contributed by atoms with Crippen LogP contribution in [-0.4, -0.2) is 29.9 Å². The van der Waals surface area contributed by atoms with Crippen molar-refractivity contribution in [2.45, 2.75) is 12.2 Å². The van der Waals surface area contributed by atoms with Crippen molar-refractivity contribution < 1.29 is 10.2 Å². The van der Waals surface area contributed by atoms with E-state index in [-0.39, 0.29) is 16.6 Å². The predicted octanol–water partition coefficient (Wildman–Crippen LogP) is 1.19. The van der Waals surface area contributed by atoms with Crippen LogP contribution in [0.4, 0.5) is 5.69 Å². The number of nitrogen functional groups attached to an aromatic ring is 1. The molecule has 0 aliphatic carbocycles. The van der Waals surface area contributed by atoms with E-state index in [0.29, 0.717) is 11.3 Å². The number of anilines is 1. The molecule has 0 heterocycles. The van der Waals surface area contributed by atoms with Crippen molar-refractivity contribution in [1.29, 1.82) is 0 Å². The lowest BCUT2D eigenvalue weighted by atomic mass is 10.0. The van der Waals surface area contributed by atoms with Gasteiger partial charge in [-0.2, -0.15) is 0 Å². The fourth-order valence-electron chi connectivity index (χ4n) is 1.40. The molecule has 5 N–H and O–H groups in total. The van der Waals surface area contributed by atoms with Gasteiger partial charge in [0.25, 0.3) is 0 Å². The SMILES string of the molecule is CNCC(O)C(O)c1c(Cl)cc(N)cc1Cl. The Morgan fingerprint density at radius 1 is 1.31 bits per heavy atom. The van der Waals surface area contributed by atoms with Crippen molar-refractivity contribution >= 4 is 28.9 Å². The largest absolute Gasteiger partial charge is 0.399 e. The number of halogens is 2. The highest BCUT2D eigenvalue weighted by Crippen LogP contribution is 2.34. The summed E-state index contributed by atoms with van der Waals surface area (Å²) in [4.78, 5) is 0. The highest BCUT2D eigenvalue weighted by Gasteiger charge is 2.23. The van der Waals surface area contributed by atoms with Crippen LogP contribution in [-0.2, 0) is 0 Å². The molecule has 0 amide bonds.